The molecular weight excluding hydrogens is 434 g/mol. The molecule has 0 saturated heterocycles. The highest BCUT2D eigenvalue weighted by Crippen LogP contribution is 2.52. The smallest absolute Gasteiger partial charge is 0.229 e. The molecule has 0 amide bonds. The number of hydrogen-bond acceptors (Lipinski definition) is 2. The molecule has 0 aliphatic heterocycles. The molecule has 2 nitrogen and oxygen atoms in total. The van der Waals surface area contributed by atoms with Crippen LogP contribution in [0.2, 0.25) is 0 Å². The summed E-state index contributed by atoms with van der Waals surface area (Å²) in [7, 11) is 0. The molecule has 2 unspecified atom stereocenters. The summed E-state index contributed by atoms with van der Waals surface area (Å²) in [6.45, 7) is -0.244. The zero-order chi connectivity index (χ0) is 23.4. The van der Waals surface area contributed by atoms with E-state index < -0.39 is 68.4 Å². The van der Waals surface area contributed by atoms with Gasteiger partial charge in [-0.25, -0.2) is 17.6 Å². The molecule has 12 heteroatoms. The third-order valence-corrected chi connectivity index (χ3v) is 4.58. The summed E-state index contributed by atoms with van der Waals surface area (Å²) in [5, 5.41) is 15.8. The minimum Gasteiger partial charge on any atom is -0.229 e. The fourth-order valence-corrected chi connectivity index (χ4v) is 2.96. The lowest BCUT2D eigenvalue weighted by Crippen LogP contribution is -2.39. The minimum atomic E-state index is -5.78. The zero-order valence-electron chi connectivity index (χ0n) is 14.8. The van der Waals surface area contributed by atoms with Gasteiger partial charge in [-0.15, -0.1) is 0 Å². The molecule has 2 aromatic rings. The van der Waals surface area contributed by atoms with Crippen molar-refractivity contribution in [3.05, 3.63) is 46.0 Å². The molecule has 0 radical (unpaired) electrons. The van der Waals surface area contributed by atoms with Crippen LogP contribution >= 0.6 is 0 Å². The van der Waals surface area contributed by atoms with E-state index >= 15 is 0 Å². The number of hydrogen-bond donors (Lipinski definition) is 0. The third kappa shape index (κ3) is 3.20. The van der Waals surface area contributed by atoms with Crippen molar-refractivity contribution in [2.24, 2.45) is 0 Å². The molecule has 0 bridgehead atoms. The third-order valence-electron chi connectivity index (χ3n) is 4.58. The Morgan fingerprint density at radius 1 is 0.633 bits per heavy atom. The summed E-state index contributed by atoms with van der Waals surface area (Å²) in [4.78, 5) is 0. The van der Waals surface area contributed by atoms with Gasteiger partial charge in [0.1, 0.15) is 12.1 Å². The van der Waals surface area contributed by atoms with Gasteiger partial charge in [-0.3, -0.25) is 0 Å². The van der Waals surface area contributed by atoms with Crippen LogP contribution in [0.15, 0.2) is 12.1 Å². The number of nitrogens with zero attached hydrogens (tertiary/aromatic N) is 2. The number of fused-ring (bicyclic) bond motifs is 1. The average molecular weight is 442 g/mol. The van der Waals surface area contributed by atoms with E-state index in [-0.39, 0.29) is 26.0 Å². The number of rotatable bonds is 2. The first-order chi connectivity index (χ1) is 13.4. The standard InChI is InChI=1S/C18H8F10N2/c1-15(21,17(23,24)25)13-7-3-11(19)12(20)4-8(7)14(10(6-30)9(13)5-29)16(2,22)18(26,27)28/h3-4H,1-2H3. The fourth-order valence-electron chi connectivity index (χ4n) is 2.96. The Bertz CT molecular complexity index is 1020. The van der Waals surface area contributed by atoms with Gasteiger partial charge >= 0.3 is 12.4 Å². The van der Waals surface area contributed by atoms with Crippen LogP contribution in [0.5, 0.6) is 0 Å². The second-order valence-electron chi connectivity index (χ2n) is 6.54. The quantitative estimate of drug-likeness (QED) is 0.509. The Hall–Kier alpha value is -3.02. The molecule has 0 aliphatic carbocycles. The second kappa shape index (κ2) is 6.76. The van der Waals surface area contributed by atoms with E-state index in [1.54, 1.807) is 0 Å². The first-order valence-corrected chi connectivity index (χ1v) is 7.74. The van der Waals surface area contributed by atoms with E-state index in [2.05, 4.69) is 0 Å². The average Bonchev–Trinajstić information content (AvgIpc) is 2.58. The monoisotopic (exact) mass is 442 g/mol. The van der Waals surface area contributed by atoms with Crippen LogP contribution in [0.1, 0.15) is 36.1 Å². The molecule has 2 rings (SSSR count). The van der Waals surface area contributed by atoms with Crippen molar-refractivity contribution in [3.63, 3.8) is 0 Å². The van der Waals surface area contributed by atoms with E-state index in [1.165, 1.54) is 0 Å². The summed E-state index contributed by atoms with van der Waals surface area (Å²) in [5.41, 5.74) is -15.6. The first-order valence-electron chi connectivity index (χ1n) is 7.74. The Kier molecular flexibility index (Phi) is 5.24. The summed E-state index contributed by atoms with van der Waals surface area (Å²) < 4.78 is 137. The Morgan fingerprint density at radius 2 is 0.900 bits per heavy atom. The van der Waals surface area contributed by atoms with Gasteiger partial charge in [0, 0.05) is 11.1 Å². The number of alkyl halides is 8. The maximum atomic E-state index is 14.8. The van der Waals surface area contributed by atoms with Gasteiger partial charge in [-0.05, 0) is 36.8 Å². The molecular formula is C18H8F10N2. The van der Waals surface area contributed by atoms with Gasteiger partial charge in [-0.2, -0.15) is 36.9 Å². The van der Waals surface area contributed by atoms with Gasteiger partial charge in [0.2, 0.25) is 11.3 Å². The summed E-state index contributed by atoms with van der Waals surface area (Å²) >= 11 is 0. The highest BCUT2D eigenvalue weighted by molar-refractivity contribution is 5.95. The van der Waals surface area contributed by atoms with E-state index in [1.807, 2.05) is 0 Å². The molecule has 30 heavy (non-hydrogen) atoms. The maximum absolute atomic E-state index is 14.8. The van der Waals surface area contributed by atoms with Crippen LogP contribution < -0.4 is 0 Å². The Morgan fingerprint density at radius 3 is 1.10 bits per heavy atom. The van der Waals surface area contributed by atoms with E-state index in [0.717, 1.165) is 12.1 Å². The van der Waals surface area contributed by atoms with Crippen molar-refractivity contribution in [2.45, 2.75) is 37.5 Å². The summed E-state index contributed by atoms with van der Waals surface area (Å²) in [5.74, 6) is -3.79. The van der Waals surface area contributed by atoms with E-state index in [4.69, 9.17) is 0 Å². The number of halogens is 10. The number of benzene rings is 2. The Labute approximate surface area is 161 Å². The molecule has 0 aromatic heterocycles. The van der Waals surface area contributed by atoms with Gasteiger partial charge < -0.3 is 0 Å². The van der Waals surface area contributed by atoms with Gasteiger partial charge in [0.25, 0.3) is 0 Å². The highest BCUT2D eigenvalue weighted by Gasteiger charge is 2.59. The molecule has 160 valence electrons. The topological polar surface area (TPSA) is 47.6 Å². The van der Waals surface area contributed by atoms with Crippen LogP contribution in [-0.4, -0.2) is 12.4 Å². The molecule has 0 N–H and O–H groups in total. The van der Waals surface area contributed by atoms with Crippen molar-refractivity contribution >= 4 is 10.8 Å². The van der Waals surface area contributed by atoms with E-state index in [9.17, 15) is 54.4 Å². The van der Waals surface area contributed by atoms with E-state index in [0.29, 0.717) is 0 Å². The maximum Gasteiger partial charge on any atom is 0.426 e. The second-order valence-corrected chi connectivity index (χ2v) is 6.54. The molecule has 0 saturated carbocycles. The van der Waals surface area contributed by atoms with Gasteiger partial charge in [0.15, 0.2) is 11.6 Å². The van der Waals surface area contributed by atoms with Crippen LogP contribution in [0.4, 0.5) is 43.9 Å². The van der Waals surface area contributed by atoms with Crippen LogP contribution in [0, 0.1) is 34.3 Å². The fraction of sp³-hybridized carbons (Fsp3) is 0.333. The Balaban J connectivity index is 3.35. The molecule has 0 aliphatic rings. The molecule has 2 aromatic carbocycles. The molecule has 0 spiro atoms. The SMILES string of the molecule is CC(F)(c1c(C#N)c(C#N)c(C(C)(F)C(F)(F)F)c2cc(F)c(F)cc12)C(F)(F)F. The summed E-state index contributed by atoms with van der Waals surface area (Å²) in [6.07, 6.45) is -11.6. The minimum absolute atomic E-state index is 0.0818. The van der Waals surface area contributed by atoms with Gasteiger partial charge in [-0.1, -0.05) is 0 Å². The van der Waals surface area contributed by atoms with Crippen LogP contribution in [0.3, 0.4) is 0 Å². The van der Waals surface area contributed by atoms with Crippen molar-refractivity contribution < 1.29 is 43.9 Å². The predicted octanol–water partition coefficient (Wildman–Crippen LogP) is 6.36. The first kappa shape index (κ1) is 23.3. The lowest BCUT2D eigenvalue weighted by Gasteiger charge is -2.31. The van der Waals surface area contributed by atoms with Crippen molar-refractivity contribution in [2.75, 3.05) is 0 Å². The zero-order valence-corrected chi connectivity index (χ0v) is 14.8. The molecule has 2 atom stereocenters. The largest absolute Gasteiger partial charge is 0.426 e. The lowest BCUT2D eigenvalue weighted by molar-refractivity contribution is -0.229. The summed E-state index contributed by atoms with van der Waals surface area (Å²) in [6, 6.07) is 1.78. The lowest BCUT2D eigenvalue weighted by atomic mass is 9.78. The number of nitriles is 2. The van der Waals surface area contributed by atoms with Crippen LogP contribution in [-0.2, 0) is 11.3 Å². The molecule has 0 heterocycles. The van der Waals surface area contributed by atoms with Crippen molar-refractivity contribution in [1.82, 2.24) is 0 Å². The van der Waals surface area contributed by atoms with Crippen LogP contribution in [0.25, 0.3) is 10.8 Å². The van der Waals surface area contributed by atoms with Crippen molar-refractivity contribution in [3.8, 4) is 12.1 Å². The normalized spacial score (nSPS) is 16.5. The predicted molar refractivity (Wildman–Crippen MR) is 82.3 cm³/mol. The van der Waals surface area contributed by atoms with Gasteiger partial charge in [0.05, 0.1) is 11.1 Å². The molecule has 0 fully saturated rings. The highest BCUT2D eigenvalue weighted by atomic mass is 19.4. The van der Waals surface area contributed by atoms with Crippen molar-refractivity contribution in [1.29, 1.82) is 10.5 Å².